The number of benzene rings is 3. The van der Waals surface area contributed by atoms with Crippen molar-refractivity contribution in [2.75, 3.05) is 13.2 Å². The fraction of sp³-hybridized carbons (Fsp3) is 0.386. The zero-order valence-corrected chi connectivity index (χ0v) is 35.8. The summed E-state index contributed by atoms with van der Waals surface area (Å²) in [7, 11) is 0. The number of hydrogen-bond donors (Lipinski definition) is 0. The minimum absolute atomic E-state index is 0.0445. The Balaban J connectivity index is 1.41. The Bertz CT molecular complexity index is 2310. The van der Waals surface area contributed by atoms with Crippen LogP contribution in [0.1, 0.15) is 76.1 Å². The second-order valence-corrected chi connectivity index (χ2v) is 16.1. The molecule has 10 atom stereocenters. The van der Waals surface area contributed by atoms with Crippen molar-refractivity contribution in [1.29, 1.82) is 0 Å². The van der Waals surface area contributed by atoms with Gasteiger partial charge in [0.1, 0.15) is 49.0 Å². The number of hydrogen-bond acceptors (Lipinski definition) is 18. The molecule has 64 heavy (non-hydrogen) atoms. The number of thioether (sulfide) groups is 1. The summed E-state index contributed by atoms with van der Waals surface area (Å²) in [6.07, 6.45) is -11.8. The van der Waals surface area contributed by atoms with Crippen LogP contribution in [0, 0.1) is 0 Å². The first-order valence-corrected chi connectivity index (χ1v) is 20.8. The van der Waals surface area contributed by atoms with Gasteiger partial charge in [-0.15, -0.1) is 0 Å². The van der Waals surface area contributed by atoms with Gasteiger partial charge in [0.2, 0.25) is 0 Å². The monoisotopic (exact) mass is 902 g/mol. The fourth-order valence-corrected chi connectivity index (χ4v) is 9.30. The topological polar surface area (TPSA) is 234 Å². The smallest absolute Gasteiger partial charge is 0.303 e. The first-order chi connectivity index (χ1) is 30.5. The molecule has 0 spiro atoms. The molecular weight excluding hydrogens is 861 g/mol. The van der Waals surface area contributed by atoms with Gasteiger partial charge in [0, 0.05) is 39.5 Å². The molecular formula is C44H42N2O17S. The van der Waals surface area contributed by atoms with Gasteiger partial charge in [-0.3, -0.25) is 53.0 Å². The van der Waals surface area contributed by atoms with E-state index in [-0.39, 0.29) is 22.3 Å². The highest BCUT2D eigenvalue weighted by Gasteiger charge is 2.61. The van der Waals surface area contributed by atoms with Crippen LogP contribution < -0.4 is 0 Å². The third-order valence-electron chi connectivity index (χ3n) is 10.6. The zero-order chi connectivity index (χ0) is 46.0. The molecule has 20 heteroatoms. The third-order valence-corrected chi connectivity index (χ3v) is 11.7. The molecule has 4 aliphatic heterocycles. The second kappa shape index (κ2) is 19.1. The van der Waals surface area contributed by atoms with E-state index in [1.165, 1.54) is 36.4 Å². The molecule has 2 fully saturated rings. The van der Waals surface area contributed by atoms with Gasteiger partial charge < -0.3 is 37.9 Å². The van der Waals surface area contributed by atoms with E-state index in [9.17, 15) is 43.2 Å². The van der Waals surface area contributed by atoms with Crippen molar-refractivity contribution < 1.29 is 81.0 Å². The lowest BCUT2D eigenvalue weighted by Gasteiger charge is -2.51. The van der Waals surface area contributed by atoms with E-state index in [0.717, 1.165) is 51.3 Å². The first kappa shape index (κ1) is 45.5. The molecule has 0 unspecified atom stereocenters. The number of fused-ring (bicyclic) bond motifs is 2. The van der Waals surface area contributed by atoms with Gasteiger partial charge in [-0.2, -0.15) is 0 Å². The van der Waals surface area contributed by atoms with Gasteiger partial charge in [0.05, 0.1) is 22.3 Å². The molecule has 19 nitrogen and oxygen atoms in total. The summed E-state index contributed by atoms with van der Waals surface area (Å²) < 4.78 is 48.0. The Morgan fingerprint density at radius 2 is 0.891 bits per heavy atom. The average Bonchev–Trinajstić information content (AvgIpc) is 3.64. The Hall–Kier alpha value is -6.48. The lowest BCUT2D eigenvalue weighted by atomic mass is 9.93. The van der Waals surface area contributed by atoms with Crippen LogP contribution in [-0.2, 0) is 61.9 Å². The van der Waals surface area contributed by atoms with E-state index in [2.05, 4.69) is 0 Å². The van der Waals surface area contributed by atoms with Crippen molar-refractivity contribution in [3.05, 3.63) is 101 Å². The van der Waals surface area contributed by atoms with Crippen LogP contribution in [0.2, 0.25) is 0 Å². The molecule has 0 aromatic heterocycles. The van der Waals surface area contributed by atoms with Crippen LogP contribution in [-0.4, -0.2) is 137 Å². The number of rotatable bonds is 13. The summed E-state index contributed by atoms with van der Waals surface area (Å²) >= 11 is 1.06. The lowest BCUT2D eigenvalue weighted by molar-refractivity contribution is -0.322. The van der Waals surface area contributed by atoms with E-state index < -0.39 is 127 Å². The number of nitrogens with zero attached hydrogens (tertiary/aromatic N) is 2. The minimum Gasteiger partial charge on any atom is -0.463 e. The van der Waals surface area contributed by atoms with Crippen molar-refractivity contribution in [1.82, 2.24) is 9.80 Å². The van der Waals surface area contributed by atoms with E-state index in [1.54, 1.807) is 42.5 Å². The molecule has 4 aliphatic rings. The maximum Gasteiger partial charge on any atom is 0.303 e. The van der Waals surface area contributed by atoms with Crippen LogP contribution in [0.25, 0.3) is 0 Å². The molecule has 2 saturated heterocycles. The van der Waals surface area contributed by atoms with Gasteiger partial charge in [0.15, 0.2) is 24.6 Å². The molecule has 0 bridgehead atoms. The SMILES string of the molecule is CC(=O)OC[C@H]1O[C@@H](Sc2ccccc2)[C@H](N2C(=O)c3ccccc3C2=O)[C@@H](OC(C)=O)[C@@H]1O[C@@H]1O[C@H](COC(C)=O)[C@@H](OC(C)=O)[C@H](OC(C)=O)[C@H]1N1C(=O)c2ccccc2C1=O. The van der Waals surface area contributed by atoms with E-state index in [1.807, 2.05) is 0 Å². The molecule has 0 radical (unpaired) electrons. The van der Waals surface area contributed by atoms with E-state index in [4.69, 9.17) is 37.9 Å². The summed E-state index contributed by atoms with van der Waals surface area (Å²) in [5.41, 5.74) is -1.25. The van der Waals surface area contributed by atoms with Crippen molar-refractivity contribution in [3.8, 4) is 0 Å². The van der Waals surface area contributed by atoms with Crippen molar-refractivity contribution in [2.24, 2.45) is 0 Å². The summed E-state index contributed by atoms with van der Waals surface area (Å²) in [4.78, 5) is 123. The van der Waals surface area contributed by atoms with Crippen molar-refractivity contribution in [3.63, 3.8) is 0 Å². The number of ether oxygens (including phenoxy) is 8. The van der Waals surface area contributed by atoms with Gasteiger partial charge in [-0.1, -0.05) is 54.2 Å². The summed E-state index contributed by atoms with van der Waals surface area (Å²) in [5.74, 6) is -7.67. The Morgan fingerprint density at radius 1 is 0.500 bits per heavy atom. The van der Waals surface area contributed by atoms with Crippen molar-refractivity contribution in [2.45, 2.75) is 99.9 Å². The highest BCUT2D eigenvalue weighted by Crippen LogP contribution is 2.43. The lowest BCUT2D eigenvalue weighted by Crippen LogP contribution is -2.71. The predicted molar refractivity (Wildman–Crippen MR) is 216 cm³/mol. The Morgan fingerprint density at radius 3 is 1.33 bits per heavy atom. The maximum atomic E-state index is 14.3. The van der Waals surface area contributed by atoms with Crippen LogP contribution in [0.3, 0.4) is 0 Å². The molecule has 4 amide bonds. The van der Waals surface area contributed by atoms with E-state index in [0.29, 0.717) is 9.80 Å². The Kier molecular flexibility index (Phi) is 13.6. The normalized spacial score (nSPS) is 27.3. The largest absolute Gasteiger partial charge is 0.463 e. The van der Waals surface area contributed by atoms with Gasteiger partial charge >= 0.3 is 29.8 Å². The number of carbonyl (C=O) groups excluding carboxylic acids is 9. The zero-order valence-electron chi connectivity index (χ0n) is 34.9. The molecule has 3 aromatic carbocycles. The number of amides is 4. The number of imide groups is 2. The third kappa shape index (κ3) is 9.26. The highest BCUT2D eigenvalue weighted by atomic mass is 32.2. The van der Waals surface area contributed by atoms with Crippen molar-refractivity contribution >= 4 is 65.2 Å². The molecule has 336 valence electrons. The minimum atomic E-state index is -1.98. The average molecular weight is 903 g/mol. The number of carbonyl (C=O) groups is 9. The molecule has 7 rings (SSSR count). The predicted octanol–water partition coefficient (Wildman–Crippen LogP) is 2.86. The molecule has 0 saturated carbocycles. The van der Waals surface area contributed by atoms with Crippen LogP contribution in [0.15, 0.2) is 83.8 Å². The molecule has 3 aromatic rings. The maximum absolute atomic E-state index is 14.3. The Labute approximate surface area is 369 Å². The summed E-state index contributed by atoms with van der Waals surface area (Å²) in [6, 6.07) is 17.2. The molecule has 0 aliphatic carbocycles. The summed E-state index contributed by atoms with van der Waals surface area (Å²) in [5, 5.41) is 0. The molecule has 0 N–H and O–H groups in total. The first-order valence-electron chi connectivity index (χ1n) is 20.0. The standard InChI is InChI=1S/C44H42N2O17S/c1-21(47)56-19-31-35(58-23(3)49)37(59-24(4)50)33(45-39(52)27-15-9-10-16-28(27)40(45)53)43(61-31)63-36-32(20-57-22(2)48)62-44(64-26-13-7-6-8-14-26)34(38(36)60-25(5)51)46-41(54)29-17-11-12-18-30(29)42(46)55/h6-18,31-38,43-44H,19-20H2,1-5H3/t31-,32-,33-,34-,35-,36-,37-,38-,43+,44+/m1/s1. The van der Waals surface area contributed by atoms with Gasteiger partial charge in [-0.05, 0) is 36.4 Å². The fourth-order valence-electron chi connectivity index (χ4n) is 8.10. The van der Waals surface area contributed by atoms with Gasteiger partial charge in [0.25, 0.3) is 23.6 Å². The second-order valence-electron chi connectivity index (χ2n) is 15.0. The van der Waals surface area contributed by atoms with Crippen LogP contribution in [0.4, 0.5) is 0 Å². The highest BCUT2D eigenvalue weighted by molar-refractivity contribution is 7.99. The molecule has 4 heterocycles. The van der Waals surface area contributed by atoms with Crippen LogP contribution in [0.5, 0.6) is 0 Å². The quantitative estimate of drug-likeness (QED) is 0.136. The van der Waals surface area contributed by atoms with Crippen LogP contribution >= 0.6 is 11.8 Å². The van der Waals surface area contributed by atoms with E-state index >= 15 is 0 Å². The van der Waals surface area contributed by atoms with Gasteiger partial charge in [-0.25, -0.2) is 0 Å². The number of esters is 5. The summed E-state index contributed by atoms with van der Waals surface area (Å²) in [6.45, 7) is 4.10.